The number of carbonyl (C=O) groups is 1. The second-order valence-electron chi connectivity index (χ2n) is 6.99. The van der Waals surface area contributed by atoms with Crippen LogP contribution < -0.4 is 10.6 Å². The van der Waals surface area contributed by atoms with Crippen LogP contribution in [0.25, 0.3) is 0 Å². The van der Waals surface area contributed by atoms with E-state index in [0.29, 0.717) is 0 Å². The Labute approximate surface area is 137 Å². The van der Waals surface area contributed by atoms with E-state index in [1.807, 2.05) is 0 Å². The fourth-order valence-corrected chi connectivity index (χ4v) is 3.11. The van der Waals surface area contributed by atoms with Crippen LogP contribution in [0.2, 0.25) is 0 Å². The van der Waals surface area contributed by atoms with E-state index in [1.165, 1.54) is 38.5 Å². The fourth-order valence-electron chi connectivity index (χ4n) is 3.11. The Hall–Kier alpha value is -0.610. The molecule has 1 fully saturated rings. The Balaban J connectivity index is 1.86. The smallest absolute Gasteiger partial charge is 0.228 e. The molecule has 0 atom stereocenters. The van der Waals surface area contributed by atoms with Crippen LogP contribution in [0, 0.1) is 5.41 Å². The van der Waals surface area contributed by atoms with Crippen molar-refractivity contribution in [2.45, 2.75) is 65.7 Å². The maximum Gasteiger partial charge on any atom is 0.228 e. The number of hydrogen-bond acceptors (Lipinski definition) is 3. The van der Waals surface area contributed by atoms with Crippen LogP contribution >= 0.6 is 0 Å². The molecule has 0 aromatic rings. The summed E-state index contributed by atoms with van der Waals surface area (Å²) in [6.45, 7) is 12.5. The highest BCUT2D eigenvalue weighted by Crippen LogP contribution is 2.29. The van der Waals surface area contributed by atoms with Crippen molar-refractivity contribution < 1.29 is 4.79 Å². The van der Waals surface area contributed by atoms with Gasteiger partial charge in [0.15, 0.2) is 0 Å². The first-order chi connectivity index (χ1) is 10.6. The number of likely N-dealkylation sites (tertiary alicyclic amines) is 1. The molecule has 1 aliphatic heterocycles. The summed E-state index contributed by atoms with van der Waals surface area (Å²) in [4.78, 5) is 14.4. The van der Waals surface area contributed by atoms with Gasteiger partial charge in [0, 0.05) is 19.6 Å². The number of rotatable bonds is 13. The van der Waals surface area contributed by atoms with Crippen molar-refractivity contribution in [1.82, 2.24) is 15.5 Å². The number of unbranched alkanes of at least 4 members (excludes halogenated alkanes) is 5. The summed E-state index contributed by atoms with van der Waals surface area (Å²) >= 11 is 0. The molecule has 1 rings (SSSR count). The van der Waals surface area contributed by atoms with Gasteiger partial charge in [-0.3, -0.25) is 4.79 Å². The number of nitrogens with zero attached hydrogens (tertiary/aromatic N) is 1. The minimum Gasteiger partial charge on any atom is -0.356 e. The van der Waals surface area contributed by atoms with Crippen molar-refractivity contribution in [2.75, 3.05) is 39.3 Å². The lowest BCUT2D eigenvalue weighted by molar-refractivity contribution is -0.139. The molecule has 0 aromatic carbocycles. The predicted molar refractivity (Wildman–Crippen MR) is 94.1 cm³/mol. The van der Waals surface area contributed by atoms with E-state index < -0.39 is 0 Å². The molecule has 1 aliphatic rings. The molecular weight excluding hydrogens is 274 g/mol. The van der Waals surface area contributed by atoms with Crippen LogP contribution in [-0.4, -0.2) is 50.1 Å². The minimum atomic E-state index is -0.137. The van der Waals surface area contributed by atoms with Crippen LogP contribution in [0.3, 0.4) is 0 Å². The van der Waals surface area contributed by atoms with Crippen molar-refractivity contribution >= 4 is 5.91 Å². The lowest BCUT2D eigenvalue weighted by Crippen LogP contribution is -2.61. The van der Waals surface area contributed by atoms with Crippen molar-refractivity contribution in [3.05, 3.63) is 0 Å². The number of hydrogen-bond donors (Lipinski definition) is 2. The molecule has 1 amide bonds. The average molecular weight is 312 g/mol. The maximum absolute atomic E-state index is 12.1. The van der Waals surface area contributed by atoms with Crippen LogP contribution in [0.1, 0.15) is 65.7 Å². The molecule has 0 aliphatic carbocycles. The van der Waals surface area contributed by atoms with Gasteiger partial charge in [-0.05, 0) is 45.8 Å². The largest absolute Gasteiger partial charge is 0.356 e. The SMILES string of the molecule is CCCNCCCCCCCCNC(=O)C1(C)CN(CC)C1. The monoisotopic (exact) mass is 311 g/mol. The Morgan fingerprint density at radius 3 is 2.14 bits per heavy atom. The summed E-state index contributed by atoms with van der Waals surface area (Å²) in [5.74, 6) is 0.249. The zero-order valence-corrected chi connectivity index (χ0v) is 15.0. The lowest BCUT2D eigenvalue weighted by Gasteiger charge is -2.46. The molecule has 0 aromatic heterocycles. The third kappa shape index (κ3) is 7.10. The van der Waals surface area contributed by atoms with E-state index in [0.717, 1.165) is 45.7 Å². The molecule has 1 saturated heterocycles. The Morgan fingerprint density at radius 1 is 0.955 bits per heavy atom. The first kappa shape index (κ1) is 19.4. The zero-order valence-electron chi connectivity index (χ0n) is 15.0. The van der Waals surface area contributed by atoms with E-state index in [4.69, 9.17) is 0 Å². The standard InChI is InChI=1S/C18H37N3O/c1-4-12-19-13-10-8-6-7-9-11-14-20-17(22)18(3)15-21(5-2)16-18/h19H,4-16H2,1-3H3,(H,20,22). The van der Waals surface area contributed by atoms with Gasteiger partial charge in [-0.15, -0.1) is 0 Å². The van der Waals surface area contributed by atoms with Crippen LogP contribution in [0.15, 0.2) is 0 Å². The van der Waals surface area contributed by atoms with Gasteiger partial charge in [0.2, 0.25) is 5.91 Å². The highest BCUT2D eigenvalue weighted by atomic mass is 16.2. The summed E-state index contributed by atoms with van der Waals surface area (Å²) in [5.41, 5.74) is -0.137. The first-order valence-corrected chi connectivity index (χ1v) is 9.33. The fraction of sp³-hybridized carbons (Fsp3) is 0.944. The molecular formula is C18H37N3O. The van der Waals surface area contributed by atoms with E-state index in [2.05, 4.69) is 36.3 Å². The molecule has 130 valence electrons. The maximum atomic E-state index is 12.1. The second kappa shape index (κ2) is 11.0. The van der Waals surface area contributed by atoms with E-state index in [9.17, 15) is 4.79 Å². The number of carbonyl (C=O) groups excluding carboxylic acids is 1. The average Bonchev–Trinajstić information content (AvgIpc) is 2.49. The summed E-state index contributed by atoms with van der Waals surface area (Å²) in [7, 11) is 0. The summed E-state index contributed by atoms with van der Waals surface area (Å²) in [6, 6.07) is 0. The van der Waals surface area contributed by atoms with Crippen molar-refractivity contribution in [3.8, 4) is 0 Å². The highest BCUT2D eigenvalue weighted by Gasteiger charge is 2.43. The summed E-state index contributed by atoms with van der Waals surface area (Å²) in [5, 5.41) is 6.56. The molecule has 1 heterocycles. The van der Waals surface area contributed by atoms with Gasteiger partial charge >= 0.3 is 0 Å². The molecule has 2 N–H and O–H groups in total. The predicted octanol–water partition coefficient (Wildman–Crippen LogP) is 2.78. The van der Waals surface area contributed by atoms with E-state index >= 15 is 0 Å². The van der Waals surface area contributed by atoms with Gasteiger partial charge < -0.3 is 15.5 Å². The van der Waals surface area contributed by atoms with Gasteiger partial charge in [0.05, 0.1) is 5.41 Å². The third-order valence-corrected chi connectivity index (χ3v) is 4.63. The molecule has 0 spiro atoms. The first-order valence-electron chi connectivity index (χ1n) is 9.33. The van der Waals surface area contributed by atoms with Crippen molar-refractivity contribution in [2.24, 2.45) is 5.41 Å². The topological polar surface area (TPSA) is 44.4 Å². The van der Waals surface area contributed by atoms with Crippen molar-refractivity contribution in [1.29, 1.82) is 0 Å². The van der Waals surface area contributed by atoms with Crippen LogP contribution in [0.4, 0.5) is 0 Å². The van der Waals surface area contributed by atoms with Gasteiger partial charge in [0.25, 0.3) is 0 Å². The lowest BCUT2D eigenvalue weighted by atomic mass is 9.81. The number of amides is 1. The summed E-state index contributed by atoms with van der Waals surface area (Å²) in [6.07, 6.45) is 8.82. The van der Waals surface area contributed by atoms with Gasteiger partial charge in [-0.25, -0.2) is 0 Å². The van der Waals surface area contributed by atoms with Gasteiger partial charge in [-0.1, -0.05) is 39.5 Å². The molecule has 4 nitrogen and oxygen atoms in total. The zero-order chi connectivity index (χ0) is 16.3. The molecule has 22 heavy (non-hydrogen) atoms. The molecule has 0 radical (unpaired) electrons. The van der Waals surface area contributed by atoms with Crippen LogP contribution in [0.5, 0.6) is 0 Å². The quantitative estimate of drug-likeness (QED) is 0.514. The highest BCUT2D eigenvalue weighted by molar-refractivity contribution is 5.83. The second-order valence-corrected chi connectivity index (χ2v) is 6.99. The van der Waals surface area contributed by atoms with E-state index in [1.54, 1.807) is 0 Å². The third-order valence-electron chi connectivity index (χ3n) is 4.63. The molecule has 0 unspecified atom stereocenters. The number of nitrogens with one attached hydrogen (secondary N) is 2. The van der Waals surface area contributed by atoms with Crippen LogP contribution in [-0.2, 0) is 4.79 Å². The normalized spacial score (nSPS) is 17.2. The minimum absolute atomic E-state index is 0.137. The molecule has 0 saturated carbocycles. The van der Waals surface area contributed by atoms with Gasteiger partial charge in [-0.2, -0.15) is 0 Å². The van der Waals surface area contributed by atoms with Gasteiger partial charge in [0.1, 0.15) is 0 Å². The van der Waals surface area contributed by atoms with E-state index in [-0.39, 0.29) is 11.3 Å². The summed E-state index contributed by atoms with van der Waals surface area (Å²) < 4.78 is 0. The molecule has 0 bridgehead atoms. The Morgan fingerprint density at radius 2 is 1.55 bits per heavy atom. The van der Waals surface area contributed by atoms with Crippen molar-refractivity contribution in [3.63, 3.8) is 0 Å². The Kier molecular flexibility index (Phi) is 9.73. The molecule has 4 heteroatoms. The Bertz CT molecular complexity index is 301.